The Morgan fingerprint density at radius 1 is 0.884 bits per heavy atom. The first-order valence-electron chi connectivity index (χ1n) is 14.2. The largest absolute Gasteiger partial charge is 0.378 e. The first-order valence-corrected chi connectivity index (χ1v) is 15.7. The van der Waals surface area contributed by atoms with Crippen molar-refractivity contribution >= 4 is 37.5 Å². The predicted octanol–water partition coefficient (Wildman–Crippen LogP) is 5.45. The summed E-state index contributed by atoms with van der Waals surface area (Å²) < 4.78 is 36.1. The third-order valence-corrected chi connectivity index (χ3v) is 9.74. The third-order valence-electron chi connectivity index (χ3n) is 8.08. The van der Waals surface area contributed by atoms with E-state index < -0.39 is 10.0 Å². The van der Waals surface area contributed by atoms with Crippen molar-refractivity contribution in [1.29, 1.82) is 0 Å². The smallest absolute Gasteiger partial charge is 0.269 e. The molecule has 0 N–H and O–H groups in total. The molecule has 3 aromatic heterocycles. The number of fused-ring (bicyclic) bond motifs is 2. The van der Waals surface area contributed by atoms with E-state index in [1.807, 2.05) is 43.3 Å². The van der Waals surface area contributed by atoms with Crippen LogP contribution in [-0.2, 0) is 21.3 Å². The molecular formula is C34H30N4O4S. The van der Waals surface area contributed by atoms with Gasteiger partial charge in [-0.2, -0.15) is 0 Å². The van der Waals surface area contributed by atoms with Gasteiger partial charge in [0.15, 0.2) is 5.65 Å². The molecule has 8 nitrogen and oxygen atoms in total. The zero-order chi connectivity index (χ0) is 29.6. The molecule has 1 aliphatic rings. The van der Waals surface area contributed by atoms with Gasteiger partial charge in [-0.1, -0.05) is 60.2 Å². The molecular weight excluding hydrogens is 560 g/mol. The summed E-state index contributed by atoms with van der Waals surface area (Å²) in [5, 5.41) is 2.88. The lowest BCUT2D eigenvalue weighted by Crippen LogP contribution is -2.36. The first-order chi connectivity index (χ1) is 20.9. The van der Waals surface area contributed by atoms with E-state index in [9.17, 15) is 13.2 Å². The second-order valence-electron chi connectivity index (χ2n) is 10.8. The Balaban J connectivity index is 1.34. The Kier molecular flexibility index (Phi) is 6.83. The van der Waals surface area contributed by atoms with Gasteiger partial charge in [-0.3, -0.25) is 4.79 Å². The molecule has 1 saturated heterocycles. The number of morpholine rings is 1. The molecule has 1 fully saturated rings. The molecule has 216 valence electrons. The summed E-state index contributed by atoms with van der Waals surface area (Å²) in [5.74, 6) is 0. The maximum atomic E-state index is 13.9. The van der Waals surface area contributed by atoms with Crippen LogP contribution in [0.25, 0.3) is 32.9 Å². The number of hydrogen-bond donors (Lipinski definition) is 0. The molecule has 0 unspecified atom stereocenters. The number of nitrogens with zero attached hydrogens (tertiary/aromatic N) is 4. The SMILES string of the molecule is Cc1ccc(S(=O)(=O)n2cc(-c3ccn(Cc4cccc5ccccc45)c(=O)c3)c3cc(N4CCOCC4)cnc32)cc1. The minimum absolute atomic E-state index is 0.172. The highest BCUT2D eigenvalue weighted by Crippen LogP contribution is 2.34. The quantitative estimate of drug-likeness (QED) is 0.257. The van der Waals surface area contributed by atoms with Crippen molar-refractivity contribution in [3.8, 4) is 11.1 Å². The highest BCUT2D eigenvalue weighted by atomic mass is 32.2. The first kappa shape index (κ1) is 27.1. The van der Waals surface area contributed by atoms with E-state index in [2.05, 4.69) is 28.1 Å². The summed E-state index contributed by atoms with van der Waals surface area (Å²) in [6, 6.07) is 26.4. The number of ether oxygens (including phenoxy) is 1. The van der Waals surface area contributed by atoms with Crippen molar-refractivity contribution < 1.29 is 13.2 Å². The van der Waals surface area contributed by atoms with E-state index in [0.29, 0.717) is 41.9 Å². The van der Waals surface area contributed by atoms with Crippen LogP contribution < -0.4 is 10.5 Å². The average Bonchev–Trinajstić information content (AvgIpc) is 3.43. The zero-order valence-corrected chi connectivity index (χ0v) is 24.5. The second kappa shape index (κ2) is 10.8. The van der Waals surface area contributed by atoms with Crippen LogP contribution in [0.1, 0.15) is 11.1 Å². The molecule has 6 aromatic rings. The Labute approximate surface area is 249 Å². The third kappa shape index (κ3) is 5.00. The van der Waals surface area contributed by atoms with Crippen molar-refractivity contribution in [3.63, 3.8) is 0 Å². The number of rotatable bonds is 6. The molecule has 0 bridgehead atoms. The van der Waals surface area contributed by atoms with Crippen LogP contribution in [0.4, 0.5) is 5.69 Å². The fourth-order valence-electron chi connectivity index (χ4n) is 5.72. The number of benzene rings is 3. The Morgan fingerprint density at radius 3 is 2.44 bits per heavy atom. The van der Waals surface area contributed by atoms with E-state index >= 15 is 0 Å². The number of pyridine rings is 2. The summed E-state index contributed by atoms with van der Waals surface area (Å²) in [7, 11) is -3.95. The highest BCUT2D eigenvalue weighted by Gasteiger charge is 2.24. The lowest BCUT2D eigenvalue weighted by Gasteiger charge is -2.28. The van der Waals surface area contributed by atoms with E-state index in [1.54, 1.807) is 53.5 Å². The monoisotopic (exact) mass is 590 g/mol. The summed E-state index contributed by atoms with van der Waals surface area (Å²) in [6.07, 6.45) is 5.07. The van der Waals surface area contributed by atoms with Gasteiger partial charge in [-0.05, 0) is 53.1 Å². The second-order valence-corrected chi connectivity index (χ2v) is 12.7. The van der Waals surface area contributed by atoms with Gasteiger partial charge >= 0.3 is 0 Å². The Morgan fingerprint density at radius 2 is 1.65 bits per heavy atom. The number of aryl methyl sites for hydroxylation is 1. The van der Waals surface area contributed by atoms with Crippen molar-refractivity contribution in [2.45, 2.75) is 18.4 Å². The van der Waals surface area contributed by atoms with Gasteiger partial charge in [0.2, 0.25) is 0 Å². The van der Waals surface area contributed by atoms with Crippen LogP contribution in [-0.4, -0.2) is 48.2 Å². The molecule has 0 spiro atoms. The van der Waals surface area contributed by atoms with Gasteiger partial charge in [-0.25, -0.2) is 17.4 Å². The number of anilines is 1. The van der Waals surface area contributed by atoms with Crippen LogP contribution in [0.15, 0.2) is 113 Å². The summed E-state index contributed by atoms with van der Waals surface area (Å²) in [4.78, 5) is 20.5. The summed E-state index contributed by atoms with van der Waals surface area (Å²) in [6.45, 7) is 5.00. The molecule has 0 radical (unpaired) electrons. The molecule has 7 rings (SSSR count). The minimum Gasteiger partial charge on any atom is -0.378 e. The van der Waals surface area contributed by atoms with E-state index in [4.69, 9.17) is 4.74 Å². The lowest BCUT2D eigenvalue weighted by molar-refractivity contribution is 0.122. The normalized spacial score (nSPS) is 14.0. The van der Waals surface area contributed by atoms with Crippen LogP contribution in [0.5, 0.6) is 0 Å². The van der Waals surface area contributed by atoms with Gasteiger partial charge in [0, 0.05) is 42.5 Å². The minimum atomic E-state index is -3.95. The Hall–Kier alpha value is -4.73. The molecule has 0 atom stereocenters. The van der Waals surface area contributed by atoms with E-state index in [-0.39, 0.29) is 10.5 Å². The summed E-state index contributed by atoms with van der Waals surface area (Å²) in [5.41, 5.74) is 4.29. The molecule has 9 heteroatoms. The highest BCUT2D eigenvalue weighted by molar-refractivity contribution is 7.90. The molecule has 0 aliphatic carbocycles. The standard InChI is InChI=1S/C34H30N4O4S/c1-24-9-11-29(12-10-24)43(40,41)38-23-32(31-20-28(21-35-34(31)38)36-15-17-42-18-16-36)26-13-14-37(33(39)19-26)22-27-7-4-6-25-5-2-3-8-30(25)27/h2-14,19-21,23H,15-18,22H2,1H3. The summed E-state index contributed by atoms with van der Waals surface area (Å²) >= 11 is 0. The maximum Gasteiger partial charge on any atom is 0.269 e. The van der Waals surface area contributed by atoms with E-state index in [1.165, 1.54) is 3.97 Å². The fraction of sp³-hybridized carbons (Fsp3) is 0.176. The topological polar surface area (TPSA) is 86.4 Å². The predicted molar refractivity (Wildman–Crippen MR) is 169 cm³/mol. The van der Waals surface area contributed by atoms with Crippen LogP contribution in [0, 0.1) is 6.92 Å². The lowest BCUT2D eigenvalue weighted by atomic mass is 10.0. The van der Waals surface area contributed by atoms with Crippen molar-refractivity contribution in [2.75, 3.05) is 31.2 Å². The van der Waals surface area contributed by atoms with Crippen molar-refractivity contribution in [1.82, 2.24) is 13.5 Å². The Bertz CT molecular complexity index is 2140. The average molecular weight is 591 g/mol. The van der Waals surface area contributed by atoms with Crippen LogP contribution in [0.2, 0.25) is 0 Å². The van der Waals surface area contributed by atoms with Gasteiger partial charge in [0.05, 0.1) is 36.5 Å². The number of hydrogen-bond acceptors (Lipinski definition) is 6. The molecule has 0 saturated carbocycles. The van der Waals surface area contributed by atoms with Crippen LogP contribution in [0.3, 0.4) is 0 Å². The van der Waals surface area contributed by atoms with Gasteiger partial charge in [0.25, 0.3) is 15.6 Å². The fourth-order valence-corrected chi connectivity index (χ4v) is 7.04. The molecule has 1 aliphatic heterocycles. The molecule has 0 amide bonds. The zero-order valence-electron chi connectivity index (χ0n) is 23.7. The van der Waals surface area contributed by atoms with Crippen LogP contribution >= 0.6 is 0 Å². The van der Waals surface area contributed by atoms with E-state index in [0.717, 1.165) is 40.7 Å². The van der Waals surface area contributed by atoms with Crippen molar-refractivity contribution in [2.24, 2.45) is 0 Å². The van der Waals surface area contributed by atoms with Gasteiger partial charge in [0.1, 0.15) is 0 Å². The molecule has 43 heavy (non-hydrogen) atoms. The molecule has 4 heterocycles. The molecule has 3 aromatic carbocycles. The van der Waals surface area contributed by atoms with Crippen molar-refractivity contribution in [3.05, 3.63) is 125 Å². The maximum absolute atomic E-state index is 13.9. The van der Waals surface area contributed by atoms with Gasteiger partial charge in [-0.15, -0.1) is 0 Å². The van der Waals surface area contributed by atoms with Gasteiger partial charge < -0.3 is 14.2 Å². The number of aromatic nitrogens is 3.